The quantitative estimate of drug-likeness (QED) is 0.830. The molecule has 1 aromatic carbocycles. The highest BCUT2D eigenvalue weighted by molar-refractivity contribution is 8.00. The number of carbonyl (C=O) groups excluding carboxylic acids is 1. The molecule has 1 heterocycles. The Morgan fingerprint density at radius 1 is 1.30 bits per heavy atom. The number of anilines is 1. The number of nitrogens with zero attached hydrogens (tertiary/aromatic N) is 1. The molecule has 0 saturated heterocycles. The van der Waals surface area contributed by atoms with Crippen LogP contribution in [0.1, 0.15) is 11.1 Å². The molecular weight excluding hydrogens is 272 g/mol. The molecule has 20 heavy (non-hydrogen) atoms. The number of benzene rings is 1. The van der Waals surface area contributed by atoms with Crippen LogP contribution in [0.15, 0.2) is 47.6 Å². The van der Waals surface area contributed by atoms with Gasteiger partial charge in [-0.1, -0.05) is 17.7 Å². The van der Waals surface area contributed by atoms with E-state index in [1.165, 1.54) is 17.3 Å². The number of rotatable bonds is 5. The second kappa shape index (κ2) is 7.07. The van der Waals surface area contributed by atoms with Gasteiger partial charge < -0.3 is 10.4 Å². The van der Waals surface area contributed by atoms with Gasteiger partial charge in [-0.2, -0.15) is 0 Å². The first-order valence-corrected chi connectivity index (χ1v) is 7.20. The first kappa shape index (κ1) is 14.6. The fourth-order valence-corrected chi connectivity index (χ4v) is 2.34. The normalized spacial score (nSPS) is 10.3. The number of hydrogen-bond acceptors (Lipinski definition) is 4. The molecule has 0 fully saturated rings. The highest BCUT2D eigenvalue weighted by Crippen LogP contribution is 2.19. The number of thioether (sulfide) groups is 1. The Labute approximate surface area is 122 Å². The van der Waals surface area contributed by atoms with Crippen molar-refractivity contribution in [3.8, 4) is 0 Å². The Morgan fingerprint density at radius 2 is 2.05 bits per heavy atom. The zero-order valence-corrected chi connectivity index (χ0v) is 12.0. The largest absolute Gasteiger partial charge is 0.392 e. The summed E-state index contributed by atoms with van der Waals surface area (Å²) in [7, 11) is 0. The van der Waals surface area contributed by atoms with E-state index in [0.29, 0.717) is 17.0 Å². The van der Waals surface area contributed by atoms with Gasteiger partial charge in [0.1, 0.15) is 0 Å². The molecule has 2 N–H and O–H groups in total. The Kier molecular flexibility index (Phi) is 5.15. The summed E-state index contributed by atoms with van der Waals surface area (Å²) in [6, 6.07) is 9.71. The highest BCUT2D eigenvalue weighted by Gasteiger charge is 2.07. The molecule has 0 saturated carbocycles. The van der Waals surface area contributed by atoms with Crippen LogP contribution < -0.4 is 5.32 Å². The molecule has 0 spiro atoms. The number of aliphatic hydroxyl groups is 1. The molecule has 4 nitrogen and oxygen atoms in total. The lowest BCUT2D eigenvalue weighted by Gasteiger charge is -2.08. The van der Waals surface area contributed by atoms with Gasteiger partial charge in [0.15, 0.2) is 0 Å². The van der Waals surface area contributed by atoms with E-state index >= 15 is 0 Å². The van der Waals surface area contributed by atoms with Crippen LogP contribution in [0.3, 0.4) is 0 Å². The summed E-state index contributed by atoms with van der Waals surface area (Å²) in [5, 5.41) is 11.9. The Bertz CT molecular complexity index is 585. The summed E-state index contributed by atoms with van der Waals surface area (Å²) in [5.41, 5.74) is 2.42. The number of carbonyl (C=O) groups is 1. The van der Waals surface area contributed by atoms with Crippen molar-refractivity contribution in [2.45, 2.75) is 18.4 Å². The molecule has 0 aliphatic heterocycles. The zero-order chi connectivity index (χ0) is 14.4. The van der Waals surface area contributed by atoms with Crippen LogP contribution in [0, 0.1) is 6.92 Å². The zero-order valence-electron chi connectivity index (χ0n) is 11.2. The minimum Gasteiger partial charge on any atom is -0.392 e. The molecule has 2 aromatic rings. The predicted molar refractivity (Wildman–Crippen MR) is 80.7 cm³/mol. The summed E-state index contributed by atoms with van der Waals surface area (Å²) in [4.78, 5) is 16.9. The Morgan fingerprint density at radius 3 is 2.75 bits per heavy atom. The van der Waals surface area contributed by atoms with Gasteiger partial charge in [0, 0.05) is 16.7 Å². The van der Waals surface area contributed by atoms with Crippen LogP contribution in [-0.2, 0) is 11.4 Å². The lowest BCUT2D eigenvalue weighted by molar-refractivity contribution is -0.113. The van der Waals surface area contributed by atoms with Crippen molar-refractivity contribution in [1.82, 2.24) is 4.98 Å². The maximum atomic E-state index is 11.9. The molecule has 1 amide bonds. The van der Waals surface area contributed by atoms with Gasteiger partial charge in [0.25, 0.3) is 0 Å². The molecule has 2 rings (SSSR count). The number of aryl methyl sites for hydroxylation is 1. The van der Waals surface area contributed by atoms with Crippen LogP contribution in [0.2, 0.25) is 0 Å². The van der Waals surface area contributed by atoms with Crippen molar-refractivity contribution >= 4 is 23.4 Å². The lowest BCUT2D eigenvalue weighted by Crippen LogP contribution is -2.15. The fourth-order valence-electron chi connectivity index (χ4n) is 1.64. The van der Waals surface area contributed by atoms with Crippen LogP contribution in [0.4, 0.5) is 5.69 Å². The summed E-state index contributed by atoms with van der Waals surface area (Å²) in [5.74, 6) is 0.210. The summed E-state index contributed by atoms with van der Waals surface area (Å²) in [6.45, 7) is 1.91. The Hall–Kier alpha value is -1.85. The number of aliphatic hydroxyl groups excluding tert-OH is 1. The third-order valence-corrected chi connectivity index (χ3v) is 3.76. The van der Waals surface area contributed by atoms with Gasteiger partial charge in [0.2, 0.25) is 5.91 Å². The molecule has 0 aliphatic rings. The highest BCUT2D eigenvalue weighted by atomic mass is 32.2. The van der Waals surface area contributed by atoms with E-state index in [0.717, 1.165) is 4.90 Å². The minimum absolute atomic E-state index is 0.113. The molecule has 0 unspecified atom stereocenters. The standard InChI is InChI=1S/C15H16N2O2S/c1-11-2-4-13(5-3-11)20-10-15(19)17-14-8-16-7-6-12(14)9-18/h2-8,18H,9-10H2,1H3,(H,17,19). The fraction of sp³-hybridized carbons (Fsp3) is 0.200. The SMILES string of the molecule is Cc1ccc(SCC(=O)Nc2cnccc2CO)cc1. The number of pyridine rings is 1. The lowest BCUT2D eigenvalue weighted by atomic mass is 10.2. The second-order valence-corrected chi connectivity index (χ2v) is 5.39. The molecule has 0 bridgehead atoms. The van der Waals surface area contributed by atoms with Gasteiger partial charge in [-0.05, 0) is 25.1 Å². The molecular formula is C15H16N2O2S. The smallest absolute Gasteiger partial charge is 0.234 e. The first-order chi connectivity index (χ1) is 9.69. The van der Waals surface area contributed by atoms with Gasteiger partial charge in [-0.25, -0.2) is 0 Å². The number of aromatic nitrogens is 1. The van der Waals surface area contributed by atoms with Crippen LogP contribution in [-0.4, -0.2) is 21.8 Å². The van der Waals surface area contributed by atoms with Crippen molar-refractivity contribution in [2.24, 2.45) is 0 Å². The van der Waals surface area contributed by atoms with Crippen molar-refractivity contribution < 1.29 is 9.90 Å². The molecule has 5 heteroatoms. The molecule has 0 aliphatic carbocycles. The van der Waals surface area contributed by atoms with E-state index in [9.17, 15) is 9.90 Å². The van der Waals surface area contributed by atoms with Gasteiger partial charge in [-0.3, -0.25) is 9.78 Å². The van der Waals surface area contributed by atoms with E-state index < -0.39 is 0 Å². The number of hydrogen-bond donors (Lipinski definition) is 2. The number of amides is 1. The summed E-state index contributed by atoms with van der Waals surface area (Å²) >= 11 is 1.47. The minimum atomic E-state index is -0.122. The van der Waals surface area contributed by atoms with Crippen LogP contribution in [0.5, 0.6) is 0 Å². The second-order valence-electron chi connectivity index (χ2n) is 4.34. The van der Waals surface area contributed by atoms with Gasteiger partial charge >= 0.3 is 0 Å². The third kappa shape index (κ3) is 4.08. The Balaban J connectivity index is 1.91. The third-order valence-electron chi connectivity index (χ3n) is 2.75. The summed E-state index contributed by atoms with van der Waals surface area (Å²) < 4.78 is 0. The van der Waals surface area contributed by atoms with E-state index in [2.05, 4.69) is 10.3 Å². The van der Waals surface area contributed by atoms with E-state index in [4.69, 9.17) is 0 Å². The van der Waals surface area contributed by atoms with Crippen molar-refractivity contribution in [3.05, 3.63) is 53.9 Å². The monoisotopic (exact) mass is 288 g/mol. The first-order valence-electron chi connectivity index (χ1n) is 6.22. The van der Waals surface area contributed by atoms with Crippen LogP contribution in [0.25, 0.3) is 0 Å². The molecule has 1 aromatic heterocycles. The molecule has 0 radical (unpaired) electrons. The number of nitrogens with one attached hydrogen (secondary N) is 1. The topological polar surface area (TPSA) is 62.2 Å². The van der Waals surface area contributed by atoms with Crippen molar-refractivity contribution in [3.63, 3.8) is 0 Å². The van der Waals surface area contributed by atoms with E-state index in [1.54, 1.807) is 18.5 Å². The summed E-state index contributed by atoms with van der Waals surface area (Å²) in [6.07, 6.45) is 3.13. The van der Waals surface area contributed by atoms with E-state index in [-0.39, 0.29) is 12.5 Å². The van der Waals surface area contributed by atoms with Gasteiger partial charge in [-0.15, -0.1) is 11.8 Å². The average molecular weight is 288 g/mol. The van der Waals surface area contributed by atoms with Crippen molar-refractivity contribution in [2.75, 3.05) is 11.1 Å². The van der Waals surface area contributed by atoms with E-state index in [1.807, 2.05) is 31.2 Å². The maximum absolute atomic E-state index is 11.9. The van der Waals surface area contributed by atoms with Crippen LogP contribution >= 0.6 is 11.8 Å². The van der Waals surface area contributed by atoms with Gasteiger partial charge in [0.05, 0.1) is 24.2 Å². The van der Waals surface area contributed by atoms with Crippen molar-refractivity contribution in [1.29, 1.82) is 0 Å². The average Bonchev–Trinajstić information content (AvgIpc) is 2.47. The maximum Gasteiger partial charge on any atom is 0.234 e. The molecule has 104 valence electrons. The predicted octanol–water partition coefficient (Wildman–Crippen LogP) is 2.61. The molecule has 0 atom stereocenters.